The first-order chi connectivity index (χ1) is 12.1. The van der Waals surface area contributed by atoms with Gasteiger partial charge in [-0.2, -0.15) is 0 Å². The van der Waals surface area contributed by atoms with Crippen molar-refractivity contribution in [3.63, 3.8) is 0 Å². The molecule has 0 heterocycles. The second-order valence-electron chi connectivity index (χ2n) is 5.43. The van der Waals surface area contributed by atoms with Crippen LogP contribution in [0, 0.1) is 0 Å². The maximum atomic E-state index is 6.01. The molecule has 0 aromatic heterocycles. The maximum Gasteiger partial charge on any atom is 0.157 e. The minimum atomic E-state index is -0.228. The molecule has 0 aliphatic heterocycles. The van der Waals surface area contributed by atoms with Crippen molar-refractivity contribution in [2.24, 2.45) is 11.6 Å². The Bertz CT molecular complexity index is 463. The zero-order chi connectivity index (χ0) is 19.1. The first-order valence-corrected chi connectivity index (χ1v) is 8.98. The SMILES string of the molecule is CC.CCCCC(OC)OC/C(N)=C/N(N)c1ccc(CNC)cc1. The van der Waals surface area contributed by atoms with E-state index in [9.17, 15) is 0 Å². The number of nitrogens with one attached hydrogen (secondary N) is 1. The van der Waals surface area contributed by atoms with E-state index in [-0.39, 0.29) is 12.9 Å². The molecular formula is C19H36N4O2. The van der Waals surface area contributed by atoms with E-state index >= 15 is 0 Å². The number of anilines is 1. The number of methoxy groups -OCH3 is 1. The normalized spacial score (nSPS) is 12.3. The van der Waals surface area contributed by atoms with Crippen LogP contribution in [0.4, 0.5) is 5.69 Å². The molecule has 0 aliphatic carbocycles. The number of nitrogens with two attached hydrogens (primary N) is 2. The Morgan fingerprint density at radius 1 is 1.28 bits per heavy atom. The summed E-state index contributed by atoms with van der Waals surface area (Å²) >= 11 is 0. The lowest BCUT2D eigenvalue weighted by molar-refractivity contribution is -0.121. The first-order valence-electron chi connectivity index (χ1n) is 8.98. The number of benzene rings is 1. The fraction of sp³-hybridized carbons (Fsp3) is 0.579. The van der Waals surface area contributed by atoms with E-state index in [0.717, 1.165) is 31.5 Å². The van der Waals surface area contributed by atoms with E-state index in [2.05, 4.69) is 12.2 Å². The van der Waals surface area contributed by atoms with Crippen molar-refractivity contribution in [3.05, 3.63) is 41.7 Å². The van der Waals surface area contributed by atoms with Gasteiger partial charge >= 0.3 is 0 Å². The second kappa shape index (κ2) is 14.7. The highest BCUT2D eigenvalue weighted by Crippen LogP contribution is 2.13. The van der Waals surface area contributed by atoms with Crippen LogP contribution in [0.2, 0.25) is 0 Å². The summed E-state index contributed by atoms with van der Waals surface area (Å²) < 4.78 is 10.9. The lowest BCUT2D eigenvalue weighted by Gasteiger charge is -2.18. The highest BCUT2D eigenvalue weighted by Gasteiger charge is 2.07. The molecule has 0 saturated heterocycles. The van der Waals surface area contributed by atoms with Gasteiger partial charge in [-0.05, 0) is 37.6 Å². The van der Waals surface area contributed by atoms with Crippen LogP contribution in [0.15, 0.2) is 36.2 Å². The van der Waals surface area contributed by atoms with E-state index in [1.165, 1.54) is 10.6 Å². The van der Waals surface area contributed by atoms with Crippen LogP contribution in [0.25, 0.3) is 0 Å². The number of rotatable bonds is 11. The van der Waals surface area contributed by atoms with Gasteiger partial charge in [0.2, 0.25) is 0 Å². The molecule has 0 saturated carbocycles. The van der Waals surface area contributed by atoms with Crippen LogP contribution in [0.3, 0.4) is 0 Å². The summed E-state index contributed by atoms with van der Waals surface area (Å²) in [6.07, 6.45) is 4.46. The summed E-state index contributed by atoms with van der Waals surface area (Å²) in [5.74, 6) is 6.01. The lowest BCUT2D eigenvalue weighted by Crippen LogP contribution is -2.27. The van der Waals surface area contributed by atoms with Gasteiger partial charge in [0.25, 0.3) is 0 Å². The highest BCUT2D eigenvalue weighted by molar-refractivity contribution is 5.48. The zero-order valence-electron chi connectivity index (χ0n) is 16.4. The molecule has 144 valence electrons. The molecule has 1 rings (SSSR count). The number of unbranched alkanes of at least 4 members (excludes halogenated alkanes) is 1. The molecule has 0 aliphatic rings. The molecule has 0 radical (unpaired) electrons. The van der Waals surface area contributed by atoms with Crippen LogP contribution in [0.1, 0.15) is 45.6 Å². The minimum Gasteiger partial charge on any atom is -0.399 e. The molecule has 0 spiro atoms. The Balaban J connectivity index is 0.00000277. The van der Waals surface area contributed by atoms with E-state index in [1.807, 2.05) is 45.2 Å². The Morgan fingerprint density at radius 2 is 1.92 bits per heavy atom. The molecule has 0 fully saturated rings. The van der Waals surface area contributed by atoms with Gasteiger partial charge < -0.3 is 20.5 Å². The fourth-order valence-corrected chi connectivity index (χ4v) is 2.11. The minimum absolute atomic E-state index is 0.228. The van der Waals surface area contributed by atoms with Crippen molar-refractivity contribution < 1.29 is 9.47 Å². The van der Waals surface area contributed by atoms with Gasteiger partial charge in [0.05, 0.1) is 18.0 Å². The molecule has 1 atom stereocenters. The number of ether oxygens (including phenoxy) is 2. The summed E-state index contributed by atoms with van der Waals surface area (Å²) in [5.41, 5.74) is 8.58. The van der Waals surface area contributed by atoms with E-state index in [4.69, 9.17) is 21.1 Å². The quantitative estimate of drug-likeness (QED) is 0.322. The van der Waals surface area contributed by atoms with Gasteiger partial charge in [-0.25, -0.2) is 5.84 Å². The third-order valence-electron chi connectivity index (χ3n) is 3.41. The smallest absolute Gasteiger partial charge is 0.157 e. The van der Waals surface area contributed by atoms with Crippen LogP contribution >= 0.6 is 0 Å². The first kappa shape index (κ1) is 23.4. The molecule has 0 bridgehead atoms. The van der Waals surface area contributed by atoms with Crippen molar-refractivity contribution in [2.45, 2.75) is 52.9 Å². The largest absolute Gasteiger partial charge is 0.399 e. The van der Waals surface area contributed by atoms with Crippen LogP contribution < -0.4 is 21.9 Å². The number of hydrogen-bond donors (Lipinski definition) is 3. The van der Waals surface area contributed by atoms with E-state index in [0.29, 0.717) is 5.70 Å². The predicted octanol–water partition coefficient (Wildman–Crippen LogP) is 3.09. The Hall–Kier alpha value is -1.60. The third kappa shape index (κ3) is 10.1. The van der Waals surface area contributed by atoms with Crippen LogP contribution in [-0.4, -0.2) is 27.1 Å². The fourth-order valence-electron chi connectivity index (χ4n) is 2.11. The van der Waals surface area contributed by atoms with E-state index in [1.54, 1.807) is 13.3 Å². The van der Waals surface area contributed by atoms with Gasteiger partial charge in [-0.3, -0.25) is 5.01 Å². The Morgan fingerprint density at radius 3 is 2.44 bits per heavy atom. The van der Waals surface area contributed by atoms with Crippen LogP contribution in [-0.2, 0) is 16.0 Å². The molecule has 6 heteroatoms. The Labute approximate surface area is 153 Å². The van der Waals surface area contributed by atoms with Gasteiger partial charge in [-0.15, -0.1) is 0 Å². The maximum absolute atomic E-state index is 6.01. The molecule has 1 aromatic rings. The topological polar surface area (TPSA) is 85.8 Å². The molecular weight excluding hydrogens is 316 g/mol. The highest BCUT2D eigenvalue weighted by atomic mass is 16.7. The third-order valence-corrected chi connectivity index (χ3v) is 3.41. The summed E-state index contributed by atoms with van der Waals surface area (Å²) in [6, 6.07) is 7.96. The van der Waals surface area contributed by atoms with Gasteiger partial charge in [0.1, 0.15) is 0 Å². The molecule has 0 amide bonds. The molecule has 25 heavy (non-hydrogen) atoms. The van der Waals surface area contributed by atoms with Crippen molar-refractivity contribution >= 4 is 5.69 Å². The number of hydrogen-bond acceptors (Lipinski definition) is 6. The Kier molecular flexibility index (Phi) is 13.8. The molecule has 6 nitrogen and oxygen atoms in total. The number of nitrogens with zero attached hydrogens (tertiary/aromatic N) is 1. The van der Waals surface area contributed by atoms with Gasteiger partial charge in [0.15, 0.2) is 6.29 Å². The van der Waals surface area contributed by atoms with Crippen molar-refractivity contribution in [1.82, 2.24) is 5.32 Å². The monoisotopic (exact) mass is 352 g/mol. The predicted molar refractivity (Wildman–Crippen MR) is 106 cm³/mol. The molecule has 5 N–H and O–H groups in total. The van der Waals surface area contributed by atoms with Crippen molar-refractivity contribution in [3.8, 4) is 0 Å². The molecule has 1 aromatic carbocycles. The average Bonchev–Trinajstić information content (AvgIpc) is 2.64. The average molecular weight is 353 g/mol. The molecule has 1 unspecified atom stereocenters. The second-order valence-corrected chi connectivity index (χ2v) is 5.43. The van der Waals surface area contributed by atoms with Gasteiger partial charge in [0, 0.05) is 19.9 Å². The van der Waals surface area contributed by atoms with E-state index < -0.39 is 0 Å². The summed E-state index contributed by atoms with van der Waals surface area (Å²) in [5, 5.41) is 4.60. The van der Waals surface area contributed by atoms with Crippen molar-refractivity contribution in [2.75, 3.05) is 25.8 Å². The summed E-state index contributed by atoms with van der Waals surface area (Å²) in [4.78, 5) is 0. The standard InChI is InChI=1S/C17H30N4O2.C2H6/c1-4-5-6-17(22-3)23-13-15(18)12-21(19)16-9-7-14(8-10-16)11-20-2;1-2/h7-10,12,17,20H,4-6,11,13,18-19H2,1-3H3;1-2H3/b15-12-;. The lowest BCUT2D eigenvalue weighted by atomic mass is 10.2. The zero-order valence-corrected chi connectivity index (χ0v) is 16.4. The number of hydrazine groups is 1. The summed E-state index contributed by atoms with van der Waals surface area (Å²) in [7, 11) is 3.56. The van der Waals surface area contributed by atoms with Crippen LogP contribution in [0.5, 0.6) is 0 Å². The van der Waals surface area contributed by atoms with Crippen molar-refractivity contribution in [1.29, 1.82) is 0 Å². The van der Waals surface area contributed by atoms with Gasteiger partial charge in [-0.1, -0.05) is 39.3 Å². The summed E-state index contributed by atoms with van der Waals surface area (Å²) in [6.45, 7) is 7.25.